The van der Waals surface area contributed by atoms with Crippen LogP contribution < -0.4 is 5.32 Å². The Hall–Kier alpha value is -2.56. The summed E-state index contributed by atoms with van der Waals surface area (Å²) in [6.45, 7) is 7.71. The maximum absolute atomic E-state index is 12.5. The van der Waals surface area contributed by atoms with Crippen LogP contribution in [0.1, 0.15) is 5.56 Å². The van der Waals surface area contributed by atoms with E-state index in [1.807, 2.05) is 9.80 Å². The van der Waals surface area contributed by atoms with Gasteiger partial charge in [-0.2, -0.15) is 0 Å². The van der Waals surface area contributed by atoms with Crippen molar-refractivity contribution in [3.8, 4) is 0 Å². The van der Waals surface area contributed by atoms with Crippen molar-refractivity contribution in [2.45, 2.75) is 6.92 Å². The number of carbonyl (C=O) groups is 2. The van der Waals surface area contributed by atoms with E-state index in [1.165, 1.54) is 12.1 Å². The number of carbonyl (C=O) groups excluding carboxylic acids is 2. The number of nitrogens with zero attached hydrogens (tertiary/aromatic N) is 4. The highest BCUT2D eigenvalue weighted by atomic mass is 16.6. The van der Waals surface area contributed by atoms with Crippen LogP contribution in [0.25, 0.3) is 0 Å². The van der Waals surface area contributed by atoms with Gasteiger partial charge in [0.25, 0.3) is 5.69 Å². The molecule has 1 N–H and O–H groups in total. The third-order valence-electron chi connectivity index (χ3n) is 5.26. The summed E-state index contributed by atoms with van der Waals surface area (Å²) < 4.78 is 5.30. The van der Waals surface area contributed by atoms with E-state index in [9.17, 15) is 19.7 Å². The third-order valence-corrected chi connectivity index (χ3v) is 5.26. The number of nitro benzene ring substituents is 1. The van der Waals surface area contributed by atoms with Crippen LogP contribution in [0.5, 0.6) is 0 Å². The molecular formula is C19H27N5O5. The van der Waals surface area contributed by atoms with Gasteiger partial charge in [-0.1, -0.05) is 6.07 Å². The van der Waals surface area contributed by atoms with Gasteiger partial charge >= 0.3 is 0 Å². The maximum Gasteiger partial charge on any atom is 0.271 e. The Balaban J connectivity index is 1.44. The molecule has 0 aliphatic carbocycles. The molecule has 0 aromatic heterocycles. The Labute approximate surface area is 169 Å². The number of amides is 2. The number of hydrogen-bond donors (Lipinski definition) is 1. The number of non-ortho nitro benzene ring substituents is 1. The summed E-state index contributed by atoms with van der Waals surface area (Å²) in [5.41, 5.74) is 1.16. The summed E-state index contributed by atoms with van der Waals surface area (Å²) in [6, 6.07) is 4.40. The molecule has 2 fully saturated rings. The van der Waals surface area contributed by atoms with E-state index in [0.29, 0.717) is 51.6 Å². The highest BCUT2D eigenvalue weighted by Crippen LogP contribution is 2.21. The average Bonchev–Trinajstić information content (AvgIpc) is 2.70. The average molecular weight is 405 g/mol. The predicted molar refractivity (Wildman–Crippen MR) is 107 cm³/mol. The maximum atomic E-state index is 12.5. The molecule has 0 saturated carbocycles. The lowest BCUT2D eigenvalue weighted by atomic mass is 10.2. The van der Waals surface area contributed by atoms with E-state index in [2.05, 4.69) is 10.2 Å². The minimum atomic E-state index is -0.484. The van der Waals surface area contributed by atoms with E-state index >= 15 is 0 Å². The molecule has 2 aliphatic heterocycles. The summed E-state index contributed by atoms with van der Waals surface area (Å²) in [7, 11) is 0. The van der Waals surface area contributed by atoms with Gasteiger partial charge in [-0.05, 0) is 12.5 Å². The fourth-order valence-corrected chi connectivity index (χ4v) is 3.46. The standard InChI is InChI=1S/C19H27N5O5/c1-15-2-3-16(24(27)28)12-17(15)20-18(25)13-21-4-6-23(7-5-21)19(26)14-22-8-10-29-11-9-22/h2-3,12H,4-11,13-14H2,1H3,(H,20,25). The highest BCUT2D eigenvalue weighted by Gasteiger charge is 2.24. The van der Waals surface area contributed by atoms with Crippen LogP contribution in [0, 0.1) is 17.0 Å². The van der Waals surface area contributed by atoms with Crippen molar-refractivity contribution in [2.24, 2.45) is 0 Å². The number of hydrogen-bond acceptors (Lipinski definition) is 7. The largest absolute Gasteiger partial charge is 0.379 e. The van der Waals surface area contributed by atoms with E-state index < -0.39 is 4.92 Å². The lowest BCUT2D eigenvalue weighted by molar-refractivity contribution is -0.384. The molecule has 158 valence electrons. The van der Waals surface area contributed by atoms with Crippen LogP contribution in [-0.4, -0.2) is 97.0 Å². The van der Waals surface area contributed by atoms with Gasteiger partial charge in [0.15, 0.2) is 0 Å². The second-order valence-electron chi connectivity index (χ2n) is 7.35. The van der Waals surface area contributed by atoms with E-state index in [4.69, 9.17) is 4.74 Å². The Bertz CT molecular complexity index is 757. The second-order valence-corrected chi connectivity index (χ2v) is 7.35. The third kappa shape index (κ3) is 5.96. The molecule has 0 radical (unpaired) electrons. The van der Waals surface area contributed by atoms with Gasteiger partial charge in [-0.25, -0.2) is 0 Å². The van der Waals surface area contributed by atoms with Crippen molar-refractivity contribution in [3.05, 3.63) is 33.9 Å². The first kappa shape index (κ1) is 21.2. The molecular weight excluding hydrogens is 378 g/mol. The highest BCUT2D eigenvalue weighted by molar-refractivity contribution is 5.93. The number of ether oxygens (including phenoxy) is 1. The number of benzene rings is 1. The van der Waals surface area contributed by atoms with Gasteiger partial charge in [-0.3, -0.25) is 29.5 Å². The van der Waals surface area contributed by atoms with Gasteiger partial charge < -0.3 is 15.0 Å². The number of nitro groups is 1. The Morgan fingerprint density at radius 1 is 1.07 bits per heavy atom. The fraction of sp³-hybridized carbons (Fsp3) is 0.579. The van der Waals surface area contributed by atoms with Gasteiger partial charge in [0.1, 0.15) is 0 Å². The van der Waals surface area contributed by atoms with Crippen molar-refractivity contribution >= 4 is 23.2 Å². The first-order valence-corrected chi connectivity index (χ1v) is 9.77. The SMILES string of the molecule is Cc1ccc([N+](=O)[O-])cc1NC(=O)CN1CCN(C(=O)CN2CCOCC2)CC1. The van der Waals surface area contributed by atoms with E-state index in [-0.39, 0.29) is 24.0 Å². The quantitative estimate of drug-likeness (QED) is 0.536. The molecule has 0 spiro atoms. The van der Waals surface area contributed by atoms with Gasteiger partial charge in [-0.15, -0.1) is 0 Å². The monoisotopic (exact) mass is 405 g/mol. The molecule has 0 atom stereocenters. The minimum Gasteiger partial charge on any atom is -0.379 e. The first-order valence-electron chi connectivity index (χ1n) is 9.77. The van der Waals surface area contributed by atoms with Crippen molar-refractivity contribution in [1.82, 2.24) is 14.7 Å². The number of piperazine rings is 1. The molecule has 10 nitrogen and oxygen atoms in total. The fourth-order valence-electron chi connectivity index (χ4n) is 3.46. The number of morpholine rings is 1. The summed E-state index contributed by atoms with van der Waals surface area (Å²) in [5, 5.41) is 13.7. The molecule has 2 saturated heterocycles. The van der Waals surface area contributed by atoms with Crippen molar-refractivity contribution in [1.29, 1.82) is 0 Å². The van der Waals surface area contributed by atoms with E-state index in [1.54, 1.807) is 13.0 Å². The normalized spacial score (nSPS) is 18.4. The number of rotatable bonds is 6. The Morgan fingerprint density at radius 3 is 2.38 bits per heavy atom. The lowest BCUT2D eigenvalue weighted by Crippen LogP contribution is -2.53. The van der Waals surface area contributed by atoms with Crippen LogP contribution in [0.2, 0.25) is 0 Å². The van der Waals surface area contributed by atoms with Crippen molar-refractivity contribution < 1.29 is 19.2 Å². The van der Waals surface area contributed by atoms with Crippen molar-refractivity contribution in [3.63, 3.8) is 0 Å². The van der Waals surface area contributed by atoms with Crippen LogP contribution in [0.15, 0.2) is 18.2 Å². The minimum absolute atomic E-state index is 0.0571. The smallest absolute Gasteiger partial charge is 0.271 e. The number of anilines is 1. The molecule has 29 heavy (non-hydrogen) atoms. The zero-order chi connectivity index (χ0) is 20.8. The van der Waals surface area contributed by atoms with Gasteiger partial charge in [0, 0.05) is 51.4 Å². The van der Waals surface area contributed by atoms with Crippen LogP contribution in [0.3, 0.4) is 0 Å². The summed E-state index contributed by atoms with van der Waals surface area (Å²) in [4.78, 5) is 41.2. The number of nitrogens with one attached hydrogen (secondary N) is 1. The summed E-state index contributed by atoms with van der Waals surface area (Å²) in [6.07, 6.45) is 0. The molecule has 10 heteroatoms. The summed E-state index contributed by atoms with van der Waals surface area (Å²) in [5.74, 6) is -0.107. The molecule has 3 rings (SSSR count). The van der Waals surface area contributed by atoms with Gasteiger partial charge in [0.2, 0.25) is 11.8 Å². The molecule has 1 aromatic carbocycles. The molecule has 2 aliphatic rings. The van der Waals surface area contributed by atoms with E-state index in [0.717, 1.165) is 18.7 Å². The zero-order valence-corrected chi connectivity index (χ0v) is 16.6. The lowest BCUT2D eigenvalue weighted by Gasteiger charge is -2.36. The van der Waals surface area contributed by atoms with Crippen LogP contribution in [-0.2, 0) is 14.3 Å². The van der Waals surface area contributed by atoms with Crippen LogP contribution >= 0.6 is 0 Å². The molecule has 1 aromatic rings. The van der Waals surface area contributed by atoms with Gasteiger partial charge in [0.05, 0.1) is 36.9 Å². The summed E-state index contributed by atoms with van der Waals surface area (Å²) >= 11 is 0. The zero-order valence-electron chi connectivity index (χ0n) is 16.6. The molecule has 2 heterocycles. The molecule has 0 bridgehead atoms. The first-order chi connectivity index (χ1) is 13.9. The second kappa shape index (κ2) is 9.77. The number of aryl methyl sites for hydroxylation is 1. The Morgan fingerprint density at radius 2 is 1.72 bits per heavy atom. The Kier molecular flexibility index (Phi) is 7.13. The van der Waals surface area contributed by atoms with Crippen molar-refractivity contribution in [2.75, 3.05) is 70.9 Å². The van der Waals surface area contributed by atoms with Crippen LogP contribution in [0.4, 0.5) is 11.4 Å². The molecule has 0 unspecified atom stereocenters. The molecule has 2 amide bonds. The predicted octanol–water partition coefficient (Wildman–Crippen LogP) is 0.318. The topological polar surface area (TPSA) is 108 Å².